The lowest BCUT2D eigenvalue weighted by Gasteiger charge is -2.19. The lowest BCUT2D eigenvalue weighted by atomic mass is 9.97. The van der Waals surface area contributed by atoms with Gasteiger partial charge in [0.15, 0.2) is 5.65 Å². The van der Waals surface area contributed by atoms with Gasteiger partial charge in [-0.3, -0.25) is 4.98 Å². The maximum Gasteiger partial charge on any atom is 0.283 e. The van der Waals surface area contributed by atoms with E-state index in [0.717, 1.165) is 40.7 Å². The molecule has 33 heavy (non-hydrogen) atoms. The summed E-state index contributed by atoms with van der Waals surface area (Å²) in [4.78, 5) is 11.2. The van der Waals surface area contributed by atoms with E-state index in [0.29, 0.717) is 23.7 Å². The van der Waals surface area contributed by atoms with Gasteiger partial charge in [0.05, 0.1) is 11.2 Å². The third-order valence-electron chi connectivity index (χ3n) is 5.70. The summed E-state index contributed by atoms with van der Waals surface area (Å²) in [5.41, 5.74) is 3.18. The highest BCUT2D eigenvalue weighted by Crippen LogP contribution is 2.35. The van der Waals surface area contributed by atoms with E-state index in [4.69, 9.17) is 11.6 Å². The number of aromatic nitrogens is 4. The maximum atomic E-state index is 13.7. The van der Waals surface area contributed by atoms with Gasteiger partial charge < -0.3 is 4.90 Å². The van der Waals surface area contributed by atoms with Crippen molar-refractivity contribution in [3.05, 3.63) is 58.1 Å². The van der Waals surface area contributed by atoms with Gasteiger partial charge in [-0.1, -0.05) is 24.6 Å². The number of fused-ring (bicyclic) bond motifs is 2. The minimum Gasteiger partial charge on any atom is -0.306 e. The Kier molecular flexibility index (Phi) is 6.54. The van der Waals surface area contributed by atoms with Crippen molar-refractivity contribution in [2.45, 2.75) is 33.1 Å². The first-order valence-corrected chi connectivity index (χ1v) is 11.1. The summed E-state index contributed by atoms with van der Waals surface area (Å²) in [7, 11) is 2.02. The van der Waals surface area contributed by atoms with Crippen molar-refractivity contribution >= 4 is 28.2 Å². The largest absolute Gasteiger partial charge is 0.306 e. The number of alkyl halides is 2. The summed E-state index contributed by atoms with van der Waals surface area (Å²) < 4.78 is 28.8. The van der Waals surface area contributed by atoms with Gasteiger partial charge in [-0.05, 0) is 50.7 Å². The Hall–Kier alpha value is -3.15. The van der Waals surface area contributed by atoms with Crippen LogP contribution in [0.1, 0.15) is 42.4 Å². The van der Waals surface area contributed by atoms with Crippen LogP contribution in [0, 0.1) is 18.3 Å². The second-order valence-corrected chi connectivity index (χ2v) is 8.44. The molecule has 0 aliphatic rings. The van der Waals surface area contributed by atoms with E-state index in [2.05, 4.69) is 26.9 Å². The van der Waals surface area contributed by atoms with Crippen molar-refractivity contribution in [2.75, 3.05) is 20.1 Å². The van der Waals surface area contributed by atoms with E-state index >= 15 is 0 Å². The summed E-state index contributed by atoms with van der Waals surface area (Å²) in [6, 6.07) is 9.23. The first kappa shape index (κ1) is 23.0. The minimum atomic E-state index is -2.87. The molecule has 0 aliphatic heterocycles. The van der Waals surface area contributed by atoms with Crippen LogP contribution in [0.4, 0.5) is 8.78 Å². The topological polar surface area (TPSA) is 70.1 Å². The normalized spacial score (nSPS) is 11.7. The molecule has 0 atom stereocenters. The lowest BCUT2D eigenvalue weighted by Crippen LogP contribution is -2.23. The summed E-state index contributed by atoms with van der Waals surface area (Å²) in [5, 5.41) is 15.2. The molecule has 0 saturated carbocycles. The smallest absolute Gasteiger partial charge is 0.283 e. The number of rotatable bonds is 7. The van der Waals surface area contributed by atoms with E-state index in [9.17, 15) is 14.0 Å². The van der Waals surface area contributed by atoms with Crippen LogP contribution in [0.2, 0.25) is 5.02 Å². The molecule has 0 fully saturated rings. The Morgan fingerprint density at radius 3 is 2.73 bits per heavy atom. The Morgan fingerprint density at radius 1 is 1.24 bits per heavy atom. The van der Waals surface area contributed by atoms with Crippen LogP contribution >= 0.6 is 11.6 Å². The van der Waals surface area contributed by atoms with Gasteiger partial charge in [0, 0.05) is 40.8 Å². The fraction of sp³-hybridized carbons (Fsp3) is 0.333. The van der Waals surface area contributed by atoms with Crippen molar-refractivity contribution in [1.29, 1.82) is 5.26 Å². The molecule has 4 rings (SSSR count). The summed E-state index contributed by atoms with van der Waals surface area (Å²) in [6.45, 7) is 5.53. The standard InChI is InChI=1S/C24H23ClF2N6/c1-4-10-32(3)11-8-20-21(17-7-9-29-19-12-15(25)5-6-16(17)19)14(2)30-24-18(13-28)22(23(26)27)31-33(20)24/h5-7,9,12,23H,4,8,10-11H2,1-3H3. The average Bonchev–Trinajstić information content (AvgIpc) is 3.15. The van der Waals surface area contributed by atoms with E-state index in [1.54, 1.807) is 18.3 Å². The first-order chi connectivity index (χ1) is 15.8. The van der Waals surface area contributed by atoms with Gasteiger partial charge in [0.1, 0.15) is 17.3 Å². The van der Waals surface area contributed by atoms with Crippen molar-refractivity contribution in [3.63, 3.8) is 0 Å². The number of halogens is 3. The third-order valence-corrected chi connectivity index (χ3v) is 5.93. The van der Waals surface area contributed by atoms with Gasteiger partial charge in [-0.2, -0.15) is 10.4 Å². The molecule has 0 radical (unpaired) electrons. The fourth-order valence-corrected chi connectivity index (χ4v) is 4.38. The Bertz CT molecular complexity index is 1380. The zero-order valence-corrected chi connectivity index (χ0v) is 19.4. The van der Waals surface area contributed by atoms with Gasteiger partial charge in [0.2, 0.25) is 0 Å². The van der Waals surface area contributed by atoms with Gasteiger partial charge in [0.25, 0.3) is 6.43 Å². The van der Waals surface area contributed by atoms with Crippen LogP contribution < -0.4 is 0 Å². The molecule has 0 unspecified atom stereocenters. The minimum absolute atomic E-state index is 0.156. The van der Waals surface area contributed by atoms with E-state index in [-0.39, 0.29) is 11.2 Å². The monoisotopic (exact) mass is 468 g/mol. The average molecular weight is 469 g/mol. The van der Waals surface area contributed by atoms with E-state index in [1.165, 1.54) is 4.52 Å². The Morgan fingerprint density at radius 2 is 2.03 bits per heavy atom. The molecule has 1 aromatic carbocycles. The van der Waals surface area contributed by atoms with E-state index in [1.807, 2.05) is 32.2 Å². The first-order valence-electron chi connectivity index (χ1n) is 10.7. The third kappa shape index (κ3) is 4.26. The molecule has 3 heterocycles. The van der Waals surface area contributed by atoms with Crippen molar-refractivity contribution < 1.29 is 8.78 Å². The van der Waals surface area contributed by atoms with Crippen molar-refractivity contribution in [3.8, 4) is 17.2 Å². The van der Waals surface area contributed by atoms with Gasteiger partial charge in [-0.15, -0.1) is 0 Å². The molecule has 170 valence electrons. The quantitative estimate of drug-likeness (QED) is 0.353. The second-order valence-electron chi connectivity index (χ2n) is 8.00. The molecular formula is C24H23ClF2N6. The van der Waals surface area contributed by atoms with Crippen LogP contribution in [-0.4, -0.2) is 44.6 Å². The molecular weight excluding hydrogens is 446 g/mol. The maximum absolute atomic E-state index is 13.7. The highest BCUT2D eigenvalue weighted by Gasteiger charge is 2.26. The zero-order chi connectivity index (χ0) is 23.7. The molecule has 0 spiro atoms. The molecule has 4 aromatic rings. The highest BCUT2D eigenvalue weighted by molar-refractivity contribution is 6.31. The Labute approximate surface area is 195 Å². The molecule has 3 aromatic heterocycles. The highest BCUT2D eigenvalue weighted by atomic mass is 35.5. The summed E-state index contributed by atoms with van der Waals surface area (Å²) in [6.07, 6.45) is 0.363. The molecule has 0 amide bonds. The molecule has 6 nitrogen and oxygen atoms in total. The van der Waals surface area contributed by atoms with Crippen molar-refractivity contribution in [2.24, 2.45) is 0 Å². The SMILES string of the molecule is CCCN(C)CCc1c(-c2ccnc3cc(Cl)ccc23)c(C)nc2c(C#N)c(C(F)F)nn12. The summed E-state index contributed by atoms with van der Waals surface area (Å²) in [5.74, 6) is 0. The number of likely N-dealkylation sites (N-methyl/N-ethyl adjacent to an activating group) is 1. The molecule has 9 heteroatoms. The lowest BCUT2D eigenvalue weighted by molar-refractivity contribution is 0.145. The molecule has 0 aliphatic carbocycles. The van der Waals surface area contributed by atoms with Gasteiger partial charge >= 0.3 is 0 Å². The Balaban J connectivity index is 2.02. The number of pyridine rings is 1. The van der Waals surface area contributed by atoms with Crippen LogP contribution in [-0.2, 0) is 6.42 Å². The van der Waals surface area contributed by atoms with Crippen LogP contribution in [0.15, 0.2) is 30.5 Å². The number of hydrogen-bond donors (Lipinski definition) is 0. The van der Waals surface area contributed by atoms with E-state index < -0.39 is 12.1 Å². The molecule has 0 bridgehead atoms. The number of nitriles is 1. The molecule has 0 N–H and O–H groups in total. The van der Waals surface area contributed by atoms with Gasteiger partial charge in [-0.25, -0.2) is 18.3 Å². The summed E-state index contributed by atoms with van der Waals surface area (Å²) >= 11 is 6.16. The predicted molar refractivity (Wildman–Crippen MR) is 125 cm³/mol. The van der Waals surface area contributed by atoms with Crippen molar-refractivity contribution in [1.82, 2.24) is 24.5 Å². The predicted octanol–water partition coefficient (Wildman–Crippen LogP) is 5.60. The van der Waals surface area contributed by atoms with Crippen LogP contribution in [0.25, 0.3) is 27.7 Å². The number of aryl methyl sites for hydroxylation is 1. The molecule has 0 saturated heterocycles. The fourth-order valence-electron chi connectivity index (χ4n) is 4.22. The second kappa shape index (κ2) is 9.38. The number of benzene rings is 1. The zero-order valence-electron chi connectivity index (χ0n) is 18.6. The number of hydrogen-bond acceptors (Lipinski definition) is 5. The van der Waals surface area contributed by atoms with Crippen LogP contribution in [0.3, 0.4) is 0 Å². The van der Waals surface area contributed by atoms with Crippen LogP contribution in [0.5, 0.6) is 0 Å². The number of nitrogens with zero attached hydrogens (tertiary/aromatic N) is 6.